The van der Waals surface area contributed by atoms with Crippen molar-refractivity contribution in [3.8, 4) is 0 Å². The Bertz CT molecular complexity index is 354. The van der Waals surface area contributed by atoms with Crippen molar-refractivity contribution < 1.29 is 0 Å². The summed E-state index contributed by atoms with van der Waals surface area (Å²) in [5.74, 6) is 1.02. The van der Waals surface area contributed by atoms with Crippen molar-refractivity contribution >= 4 is 0 Å². The predicted molar refractivity (Wildman–Crippen MR) is 74.4 cm³/mol. The smallest absolute Gasteiger partial charge is 0.0538 e. The van der Waals surface area contributed by atoms with Gasteiger partial charge in [0.25, 0.3) is 0 Å². The molecule has 3 N–H and O–H groups in total. The van der Waals surface area contributed by atoms with Crippen LogP contribution in [-0.2, 0) is 0 Å². The Hall–Kier alpha value is -0.870. The lowest BCUT2D eigenvalue weighted by molar-refractivity contribution is 0.507. The van der Waals surface area contributed by atoms with Gasteiger partial charge in [-0.15, -0.1) is 0 Å². The van der Waals surface area contributed by atoms with E-state index in [1.54, 1.807) is 0 Å². The molecule has 1 fully saturated rings. The van der Waals surface area contributed by atoms with Crippen molar-refractivity contribution in [2.24, 2.45) is 11.7 Å². The maximum Gasteiger partial charge on any atom is 0.0538 e. The summed E-state index contributed by atoms with van der Waals surface area (Å²) < 4.78 is 1.99. The molecule has 0 amide bonds. The lowest BCUT2D eigenvalue weighted by Crippen LogP contribution is -2.28. The third-order valence-electron chi connectivity index (χ3n) is 3.67. The lowest BCUT2D eigenvalue weighted by Gasteiger charge is -2.15. The highest BCUT2D eigenvalue weighted by Crippen LogP contribution is 2.33. The minimum absolute atomic E-state index is 0.247. The minimum atomic E-state index is 0.247. The predicted octanol–water partition coefficient (Wildman–Crippen LogP) is 2.24. The van der Waals surface area contributed by atoms with Gasteiger partial charge in [-0.3, -0.25) is 4.68 Å². The van der Waals surface area contributed by atoms with Crippen LogP contribution in [0.2, 0.25) is 0 Å². The standard InChI is InChI=1S/C14H26N4/c1-11(2)18-10-13(9-17-18)14(8-15)16-7-3-4-12-5-6-12/h9-12,14,16H,3-8,15H2,1-2H3. The molecule has 4 heteroatoms. The van der Waals surface area contributed by atoms with Crippen LogP contribution < -0.4 is 11.1 Å². The summed E-state index contributed by atoms with van der Waals surface area (Å²) in [6.45, 7) is 5.97. The summed E-state index contributed by atoms with van der Waals surface area (Å²) in [6, 6.07) is 0.656. The fourth-order valence-electron chi connectivity index (χ4n) is 2.23. The first-order valence-corrected chi connectivity index (χ1v) is 7.18. The summed E-state index contributed by atoms with van der Waals surface area (Å²) >= 11 is 0. The maximum atomic E-state index is 5.84. The van der Waals surface area contributed by atoms with E-state index in [0.29, 0.717) is 12.6 Å². The molecule has 4 nitrogen and oxygen atoms in total. The summed E-state index contributed by atoms with van der Waals surface area (Å²) in [5, 5.41) is 7.91. The summed E-state index contributed by atoms with van der Waals surface area (Å²) in [4.78, 5) is 0. The Morgan fingerprint density at radius 3 is 2.83 bits per heavy atom. The number of hydrogen-bond acceptors (Lipinski definition) is 3. The highest BCUT2D eigenvalue weighted by Gasteiger charge is 2.20. The molecule has 1 aromatic rings. The molecule has 1 unspecified atom stereocenters. The van der Waals surface area contributed by atoms with E-state index in [1.165, 1.54) is 31.2 Å². The Morgan fingerprint density at radius 1 is 1.50 bits per heavy atom. The SMILES string of the molecule is CC(C)n1cc(C(CN)NCCCC2CC2)cn1. The molecule has 1 heterocycles. The zero-order valence-electron chi connectivity index (χ0n) is 11.6. The van der Waals surface area contributed by atoms with E-state index >= 15 is 0 Å². The van der Waals surface area contributed by atoms with Crippen LogP contribution in [0.25, 0.3) is 0 Å². The van der Waals surface area contributed by atoms with E-state index in [-0.39, 0.29) is 6.04 Å². The first-order chi connectivity index (χ1) is 8.70. The molecule has 1 saturated carbocycles. The molecule has 0 aliphatic heterocycles. The van der Waals surface area contributed by atoms with Crippen molar-refractivity contribution in [1.82, 2.24) is 15.1 Å². The summed E-state index contributed by atoms with van der Waals surface area (Å²) in [5.41, 5.74) is 7.05. The second kappa shape index (κ2) is 6.34. The molecule has 1 atom stereocenters. The largest absolute Gasteiger partial charge is 0.329 e. The van der Waals surface area contributed by atoms with Gasteiger partial charge in [0.15, 0.2) is 0 Å². The van der Waals surface area contributed by atoms with Gasteiger partial charge in [-0.25, -0.2) is 0 Å². The number of aromatic nitrogens is 2. The molecule has 1 aliphatic rings. The monoisotopic (exact) mass is 250 g/mol. The van der Waals surface area contributed by atoms with Crippen LogP contribution in [0, 0.1) is 5.92 Å². The zero-order valence-corrected chi connectivity index (χ0v) is 11.6. The van der Waals surface area contributed by atoms with Gasteiger partial charge in [-0.05, 0) is 39.2 Å². The second-order valence-electron chi connectivity index (χ2n) is 5.68. The Balaban J connectivity index is 1.78. The van der Waals surface area contributed by atoms with Crippen LogP contribution in [0.4, 0.5) is 0 Å². The van der Waals surface area contributed by atoms with Crippen molar-refractivity contribution in [2.75, 3.05) is 13.1 Å². The molecular formula is C14H26N4. The van der Waals surface area contributed by atoms with Crippen LogP contribution in [0.15, 0.2) is 12.4 Å². The van der Waals surface area contributed by atoms with E-state index < -0.39 is 0 Å². The normalized spacial score (nSPS) is 17.3. The Morgan fingerprint density at radius 2 is 2.28 bits per heavy atom. The average molecular weight is 250 g/mol. The summed E-state index contributed by atoms with van der Waals surface area (Å²) in [7, 11) is 0. The molecule has 2 rings (SSSR count). The van der Waals surface area contributed by atoms with Crippen molar-refractivity contribution in [1.29, 1.82) is 0 Å². The molecule has 102 valence electrons. The molecule has 0 saturated heterocycles. The van der Waals surface area contributed by atoms with Crippen LogP contribution in [0.3, 0.4) is 0 Å². The van der Waals surface area contributed by atoms with E-state index in [1.807, 2.05) is 10.9 Å². The third-order valence-corrected chi connectivity index (χ3v) is 3.67. The van der Waals surface area contributed by atoms with Crippen LogP contribution in [0.5, 0.6) is 0 Å². The van der Waals surface area contributed by atoms with E-state index in [2.05, 4.69) is 30.5 Å². The van der Waals surface area contributed by atoms with E-state index in [9.17, 15) is 0 Å². The van der Waals surface area contributed by atoms with Crippen molar-refractivity contribution in [3.63, 3.8) is 0 Å². The molecule has 0 aromatic carbocycles. The van der Waals surface area contributed by atoms with Gasteiger partial charge >= 0.3 is 0 Å². The number of rotatable bonds is 8. The Labute approximate surface area is 110 Å². The summed E-state index contributed by atoms with van der Waals surface area (Å²) in [6.07, 6.45) is 9.57. The van der Waals surface area contributed by atoms with Gasteiger partial charge in [0.05, 0.1) is 6.20 Å². The van der Waals surface area contributed by atoms with Gasteiger partial charge in [-0.1, -0.05) is 12.8 Å². The molecule has 1 aliphatic carbocycles. The topological polar surface area (TPSA) is 55.9 Å². The van der Waals surface area contributed by atoms with Gasteiger partial charge in [0, 0.05) is 30.4 Å². The van der Waals surface area contributed by atoms with Gasteiger partial charge < -0.3 is 11.1 Å². The molecule has 0 spiro atoms. The van der Waals surface area contributed by atoms with E-state index in [0.717, 1.165) is 12.5 Å². The fraction of sp³-hybridized carbons (Fsp3) is 0.786. The first-order valence-electron chi connectivity index (χ1n) is 7.18. The molecule has 18 heavy (non-hydrogen) atoms. The minimum Gasteiger partial charge on any atom is -0.329 e. The van der Waals surface area contributed by atoms with E-state index in [4.69, 9.17) is 5.73 Å². The average Bonchev–Trinajstić information content (AvgIpc) is 3.04. The quantitative estimate of drug-likeness (QED) is 0.696. The van der Waals surface area contributed by atoms with Crippen LogP contribution >= 0.6 is 0 Å². The fourth-order valence-corrected chi connectivity index (χ4v) is 2.23. The molecule has 1 aromatic heterocycles. The zero-order chi connectivity index (χ0) is 13.0. The highest BCUT2D eigenvalue weighted by molar-refractivity contribution is 5.11. The third kappa shape index (κ3) is 3.82. The molecule has 0 bridgehead atoms. The lowest BCUT2D eigenvalue weighted by atomic mass is 10.1. The van der Waals surface area contributed by atoms with Gasteiger partial charge in [0.1, 0.15) is 0 Å². The van der Waals surface area contributed by atoms with Gasteiger partial charge in [-0.2, -0.15) is 5.10 Å². The second-order valence-corrected chi connectivity index (χ2v) is 5.68. The molecular weight excluding hydrogens is 224 g/mol. The first kappa shape index (κ1) is 13.6. The number of nitrogens with one attached hydrogen (secondary N) is 1. The van der Waals surface area contributed by atoms with Crippen molar-refractivity contribution in [3.05, 3.63) is 18.0 Å². The van der Waals surface area contributed by atoms with Gasteiger partial charge in [0.2, 0.25) is 0 Å². The maximum absolute atomic E-state index is 5.84. The number of hydrogen-bond donors (Lipinski definition) is 2. The van der Waals surface area contributed by atoms with Crippen LogP contribution in [-0.4, -0.2) is 22.9 Å². The molecule has 0 radical (unpaired) electrons. The highest BCUT2D eigenvalue weighted by atomic mass is 15.3. The van der Waals surface area contributed by atoms with Crippen LogP contribution in [0.1, 0.15) is 57.2 Å². The number of nitrogens with zero attached hydrogens (tertiary/aromatic N) is 2. The number of nitrogens with two attached hydrogens (primary N) is 1. The Kier molecular flexibility index (Phi) is 4.78. The van der Waals surface area contributed by atoms with Crippen molar-refractivity contribution in [2.45, 2.75) is 51.6 Å².